The van der Waals surface area contributed by atoms with Crippen LogP contribution in [0.3, 0.4) is 0 Å². The maximum Gasteiger partial charge on any atom is 0.119 e. The van der Waals surface area contributed by atoms with E-state index in [1.165, 1.54) is 0 Å². The molecule has 4 heteroatoms. The van der Waals surface area contributed by atoms with Gasteiger partial charge in [0, 0.05) is 23.7 Å². The molecule has 3 nitrogen and oxygen atoms in total. The molecule has 0 aromatic heterocycles. The normalized spacial score (nSPS) is 14.6. The van der Waals surface area contributed by atoms with Crippen LogP contribution in [0.2, 0.25) is 0 Å². The second-order valence-corrected chi connectivity index (χ2v) is 5.96. The van der Waals surface area contributed by atoms with Gasteiger partial charge in [0.2, 0.25) is 0 Å². The van der Waals surface area contributed by atoms with Gasteiger partial charge >= 0.3 is 0 Å². The molecular weight excluding hydrogens is 292 g/mol. The number of hydrogen-bond acceptors (Lipinski definition) is 4. The number of nitrogens with zero attached hydrogens (tertiary/aromatic N) is 1. The number of ether oxygens (including phenoxy) is 1. The summed E-state index contributed by atoms with van der Waals surface area (Å²) in [7, 11) is 1.67. The van der Waals surface area contributed by atoms with Gasteiger partial charge in [-0.25, -0.2) is 0 Å². The fourth-order valence-corrected chi connectivity index (χ4v) is 2.98. The SMILES string of the molecule is COc1ccc(N/C(=C\C2=NCCS2)c2ccccc2)cc1. The molecule has 0 unspecified atom stereocenters. The van der Waals surface area contributed by atoms with Crippen LogP contribution >= 0.6 is 11.8 Å². The van der Waals surface area contributed by atoms with Crippen molar-refractivity contribution >= 4 is 28.2 Å². The summed E-state index contributed by atoms with van der Waals surface area (Å²) >= 11 is 1.80. The van der Waals surface area contributed by atoms with Crippen LogP contribution < -0.4 is 10.1 Å². The van der Waals surface area contributed by atoms with E-state index in [1.54, 1.807) is 18.9 Å². The third-order valence-corrected chi connectivity index (χ3v) is 4.26. The zero-order valence-corrected chi connectivity index (χ0v) is 13.3. The molecule has 0 fully saturated rings. The Kier molecular flexibility index (Phi) is 4.81. The number of hydrogen-bond donors (Lipinski definition) is 1. The van der Waals surface area contributed by atoms with Crippen molar-refractivity contribution in [2.75, 3.05) is 24.7 Å². The van der Waals surface area contributed by atoms with E-state index in [-0.39, 0.29) is 0 Å². The van der Waals surface area contributed by atoms with Gasteiger partial charge < -0.3 is 10.1 Å². The van der Waals surface area contributed by atoms with Crippen LogP contribution in [-0.4, -0.2) is 24.5 Å². The molecule has 0 bridgehead atoms. The number of aliphatic imine (C=N–C) groups is 1. The maximum absolute atomic E-state index is 5.20. The third-order valence-electron chi connectivity index (χ3n) is 3.33. The standard InChI is InChI=1S/C18H18N2OS/c1-21-16-9-7-15(8-10-16)20-17(13-18-19-11-12-22-18)14-5-3-2-4-6-14/h2-10,13,20H,11-12H2,1H3/b17-13-. The first-order chi connectivity index (χ1) is 10.8. The van der Waals surface area contributed by atoms with Crippen molar-refractivity contribution in [1.82, 2.24) is 0 Å². The third kappa shape index (κ3) is 3.71. The average molecular weight is 310 g/mol. The Morgan fingerprint density at radius 3 is 2.55 bits per heavy atom. The highest BCUT2D eigenvalue weighted by atomic mass is 32.2. The Bertz CT molecular complexity index is 678. The summed E-state index contributed by atoms with van der Waals surface area (Å²) in [4.78, 5) is 4.51. The van der Waals surface area contributed by atoms with E-state index in [2.05, 4.69) is 28.5 Å². The molecule has 1 heterocycles. The number of rotatable bonds is 5. The molecular formula is C18H18N2OS. The molecule has 1 N–H and O–H groups in total. The summed E-state index contributed by atoms with van der Waals surface area (Å²) in [6.07, 6.45) is 2.12. The lowest BCUT2D eigenvalue weighted by atomic mass is 10.1. The summed E-state index contributed by atoms with van der Waals surface area (Å²) in [5.41, 5.74) is 3.23. The van der Waals surface area contributed by atoms with Crippen molar-refractivity contribution in [1.29, 1.82) is 0 Å². The van der Waals surface area contributed by atoms with Crippen LogP contribution in [0.4, 0.5) is 5.69 Å². The molecule has 0 spiro atoms. The van der Waals surface area contributed by atoms with Gasteiger partial charge in [-0.1, -0.05) is 30.3 Å². The minimum atomic E-state index is 0.853. The van der Waals surface area contributed by atoms with Gasteiger partial charge in [0.1, 0.15) is 5.75 Å². The van der Waals surface area contributed by atoms with E-state index in [0.717, 1.165) is 40.0 Å². The summed E-state index contributed by atoms with van der Waals surface area (Å²) in [6.45, 7) is 0.904. The van der Waals surface area contributed by atoms with Gasteiger partial charge in [0.25, 0.3) is 0 Å². The Morgan fingerprint density at radius 1 is 1.14 bits per heavy atom. The number of benzene rings is 2. The van der Waals surface area contributed by atoms with Crippen molar-refractivity contribution in [3.63, 3.8) is 0 Å². The molecule has 0 saturated carbocycles. The van der Waals surface area contributed by atoms with Gasteiger partial charge in [0.05, 0.1) is 12.2 Å². The van der Waals surface area contributed by atoms with E-state index < -0.39 is 0 Å². The van der Waals surface area contributed by atoms with Gasteiger partial charge in [-0.05, 0) is 35.9 Å². The van der Waals surface area contributed by atoms with E-state index in [9.17, 15) is 0 Å². The first kappa shape index (κ1) is 14.7. The van der Waals surface area contributed by atoms with Crippen molar-refractivity contribution < 1.29 is 4.74 Å². The van der Waals surface area contributed by atoms with Gasteiger partial charge in [0.15, 0.2) is 0 Å². The Hall–Kier alpha value is -2.20. The second-order valence-electron chi connectivity index (χ2n) is 4.85. The minimum Gasteiger partial charge on any atom is -0.497 e. The monoisotopic (exact) mass is 310 g/mol. The highest BCUT2D eigenvalue weighted by Crippen LogP contribution is 2.23. The predicted octanol–water partition coefficient (Wildman–Crippen LogP) is 4.29. The van der Waals surface area contributed by atoms with E-state index >= 15 is 0 Å². The molecule has 0 atom stereocenters. The largest absolute Gasteiger partial charge is 0.497 e. The quantitative estimate of drug-likeness (QED) is 0.894. The summed E-state index contributed by atoms with van der Waals surface area (Å²) in [5, 5.41) is 4.57. The first-order valence-corrected chi connectivity index (χ1v) is 8.19. The number of anilines is 1. The molecule has 112 valence electrons. The number of thioether (sulfide) groups is 1. The van der Waals surface area contributed by atoms with Crippen molar-refractivity contribution in [3.05, 3.63) is 66.2 Å². The molecule has 1 aliphatic rings. The van der Waals surface area contributed by atoms with Crippen molar-refractivity contribution in [3.8, 4) is 5.75 Å². The number of methoxy groups -OCH3 is 1. The van der Waals surface area contributed by atoms with Crippen LogP contribution in [0, 0.1) is 0 Å². The van der Waals surface area contributed by atoms with Gasteiger partial charge in [-0.2, -0.15) is 0 Å². The molecule has 2 aromatic carbocycles. The lowest BCUT2D eigenvalue weighted by molar-refractivity contribution is 0.415. The molecule has 0 amide bonds. The lowest BCUT2D eigenvalue weighted by Crippen LogP contribution is -2.01. The Morgan fingerprint density at radius 2 is 1.91 bits per heavy atom. The van der Waals surface area contributed by atoms with Crippen molar-refractivity contribution in [2.45, 2.75) is 0 Å². The molecule has 0 aliphatic carbocycles. The Labute approximate surface area is 135 Å². The second kappa shape index (κ2) is 7.18. The maximum atomic E-state index is 5.20. The zero-order chi connectivity index (χ0) is 15.2. The highest BCUT2D eigenvalue weighted by molar-refractivity contribution is 8.14. The molecule has 1 aliphatic heterocycles. The van der Waals surface area contributed by atoms with Crippen LogP contribution in [0.25, 0.3) is 5.70 Å². The van der Waals surface area contributed by atoms with Crippen molar-refractivity contribution in [2.24, 2.45) is 4.99 Å². The topological polar surface area (TPSA) is 33.6 Å². The smallest absolute Gasteiger partial charge is 0.119 e. The summed E-state index contributed by atoms with van der Waals surface area (Å²) in [6, 6.07) is 18.2. The fourth-order valence-electron chi connectivity index (χ4n) is 2.20. The van der Waals surface area contributed by atoms with E-state index in [1.807, 2.05) is 42.5 Å². The Balaban J connectivity index is 1.87. The van der Waals surface area contributed by atoms with Crippen LogP contribution in [0.1, 0.15) is 5.56 Å². The highest BCUT2D eigenvalue weighted by Gasteiger charge is 2.08. The van der Waals surface area contributed by atoms with Crippen LogP contribution in [0.15, 0.2) is 65.7 Å². The first-order valence-electron chi connectivity index (χ1n) is 7.20. The molecule has 3 rings (SSSR count). The number of nitrogens with one attached hydrogen (secondary N) is 1. The lowest BCUT2D eigenvalue weighted by Gasteiger charge is -2.12. The van der Waals surface area contributed by atoms with E-state index in [0.29, 0.717) is 0 Å². The molecule has 2 aromatic rings. The summed E-state index contributed by atoms with van der Waals surface area (Å²) in [5.74, 6) is 1.92. The van der Waals surface area contributed by atoms with Crippen LogP contribution in [-0.2, 0) is 0 Å². The fraction of sp³-hybridized carbons (Fsp3) is 0.167. The summed E-state index contributed by atoms with van der Waals surface area (Å²) < 4.78 is 5.20. The molecule has 0 saturated heterocycles. The average Bonchev–Trinajstić information content (AvgIpc) is 3.09. The van der Waals surface area contributed by atoms with Crippen LogP contribution in [0.5, 0.6) is 5.75 Å². The van der Waals surface area contributed by atoms with Gasteiger partial charge in [-0.3, -0.25) is 4.99 Å². The minimum absolute atomic E-state index is 0.853. The molecule has 22 heavy (non-hydrogen) atoms. The van der Waals surface area contributed by atoms with E-state index in [4.69, 9.17) is 4.74 Å². The molecule has 0 radical (unpaired) electrons. The zero-order valence-electron chi connectivity index (χ0n) is 12.5. The van der Waals surface area contributed by atoms with Gasteiger partial charge in [-0.15, -0.1) is 11.8 Å². The predicted molar refractivity (Wildman–Crippen MR) is 95.8 cm³/mol.